The highest BCUT2D eigenvalue weighted by Gasteiger charge is 2.36. The summed E-state index contributed by atoms with van der Waals surface area (Å²) in [6, 6.07) is 3.74. The van der Waals surface area contributed by atoms with Crippen molar-refractivity contribution >= 4 is 21.4 Å². The normalized spacial score (nSPS) is 14.6. The van der Waals surface area contributed by atoms with Gasteiger partial charge in [0.25, 0.3) is 0 Å². The first kappa shape index (κ1) is 15.4. The van der Waals surface area contributed by atoms with E-state index in [9.17, 15) is 12.8 Å². The summed E-state index contributed by atoms with van der Waals surface area (Å²) >= 11 is 5.58. The Kier molecular flexibility index (Phi) is 4.41. The zero-order valence-corrected chi connectivity index (χ0v) is 12.1. The van der Waals surface area contributed by atoms with Crippen LogP contribution in [0.1, 0.15) is 19.4 Å². The van der Waals surface area contributed by atoms with E-state index < -0.39 is 26.4 Å². The second kappa shape index (κ2) is 5.15. The van der Waals surface area contributed by atoms with Crippen LogP contribution in [0.5, 0.6) is 0 Å². The molecule has 0 spiro atoms. The molecule has 0 aromatic heterocycles. The van der Waals surface area contributed by atoms with Crippen molar-refractivity contribution in [2.45, 2.75) is 31.1 Å². The van der Waals surface area contributed by atoms with Gasteiger partial charge < -0.3 is 5.73 Å². The molecule has 1 atom stereocenters. The molecule has 0 heterocycles. The molecular weight excluding hydrogens is 277 g/mol. The minimum Gasteiger partial charge on any atom is -0.326 e. The molecule has 0 aliphatic carbocycles. The Morgan fingerprint density at radius 2 is 2.00 bits per heavy atom. The summed E-state index contributed by atoms with van der Waals surface area (Å²) in [6.07, 6.45) is 1.42. The molecule has 1 aromatic rings. The van der Waals surface area contributed by atoms with Gasteiger partial charge in [0.05, 0.1) is 9.77 Å². The lowest BCUT2D eigenvalue weighted by atomic mass is 9.96. The predicted molar refractivity (Wildman–Crippen MR) is 72.0 cm³/mol. The molecule has 18 heavy (non-hydrogen) atoms. The van der Waals surface area contributed by atoms with Gasteiger partial charge in [-0.25, -0.2) is 12.8 Å². The molecule has 0 amide bonds. The summed E-state index contributed by atoms with van der Waals surface area (Å²) in [6.45, 7) is 3.14. The van der Waals surface area contributed by atoms with Crippen molar-refractivity contribution in [2.75, 3.05) is 6.26 Å². The largest absolute Gasteiger partial charge is 0.326 e. The summed E-state index contributed by atoms with van der Waals surface area (Å²) < 4.78 is 35.5. The first-order valence-corrected chi connectivity index (χ1v) is 7.71. The molecule has 0 aliphatic heterocycles. The SMILES string of the molecule is CC(C)(C(N)Cc1ccc(Cl)c(F)c1)S(C)(=O)=O. The fourth-order valence-corrected chi connectivity index (χ4v) is 2.19. The Labute approximate surface area is 112 Å². The van der Waals surface area contributed by atoms with E-state index in [0.717, 1.165) is 6.26 Å². The molecule has 0 saturated carbocycles. The van der Waals surface area contributed by atoms with Gasteiger partial charge in [-0.05, 0) is 38.0 Å². The number of sulfone groups is 1. The number of hydrogen-bond donors (Lipinski definition) is 1. The highest BCUT2D eigenvalue weighted by molar-refractivity contribution is 7.92. The molecule has 1 aromatic carbocycles. The van der Waals surface area contributed by atoms with Gasteiger partial charge in [-0.2, -0.15) is 0 Å². The van der Waals surface area contributed by atoms with E-state index in [1.54, 1.807) is 19.9 Å². The van der Waals surface area contributed by atoms with E-state index in [-0.39, 0.29) is 11.4 Å². The fourth-order valence-electron chi connectivity index (χ4n) is 1.44. The number of nitrogens with two attached hydrogens (primary N) is 1. The lowest BCUT2D eigenvalue weighted by Gasteiger charge is -2.29. The van der Waals surface area contributed by atoms with Crippen molar-refractivity contribution in [3.8, 4) is 0 Å². The smallest absolute Gasteiger partial charge is 0.154 e. The number of benzene rings is 1. The Morgan fingerprint density at radius 3 is 2.44 bits per heavy atom. The van der Waals surface area contributed by atoms with Crippen LogP contribution < -0.4 is 5.73 Å². The second-order valence-electron chi connectivity index (χ2n) is 4.93. The molecule has 1 unspecified atom stereocenters. The Morgan fingerprint density at radius 1 is 1.44 bits per heavy atom. The van der Waals surface area contributed by atoms with E-state index in [0.29, 0.717) is 5.56 Å². The molecule has 102 valence electrons. The average molecular weight is 294 g/mol. The quantitative estimate of drug-likeness (QED) is 0.925. The Bertz CT molecular complexity index is 543. The van der Waals surface area contributed by atoms with Crippen LogP contribution in [-0.4, -0.2) is 25.5 Å². The highest BCUT2D eigenvalue weighted by Crippen LogP contribution is 2.23. The van der Waals surface area contributed by atoms with E-state index in [1.807, 2.05) is 0 Å². The summed E-state index contributed by atoms with van der Waals surface area (Å²) in [5, 5.41) is 0.0368. The van der Waals surface area contributed by atoms with Crippen LogP contribution >= 0.6 is 11.6 Å². The Balaban J connectivity index is 2.94. The predicted octanol–water partition coefficient (Wildman–Crippen LogP) is 2.17. The molecule has 0 aliphatic rings. The lowest BCUT2D eigenvalue weighted by molar-refractivity contribution is 0.481. The molecule has 6 heteroatoms. The molecule has 1 rings (SSSR count). The van der Waals surface area contributed by atoms with Gasteiger partial charge in [0, 0.05) is 12.3 Å². The van der Waals surface area contributed by atoms with Crippen LogP contribution in [0.25, 0.3) is 0 Å². The van der Waals surface area contributed by atoms with Gasteiger partial charge in [0.15, 0.2) is 9.84 Å². The van der Waals surface area contributed by atoms with Crippen LogP contribution in [-0.2, 0) is 16.3 Å². The molecule has 0 bridgehead atoms. The second-order valence-corrected chi connectivity index (χ2v) is 7.94. The van der Waals surface area contributed by atoms with Crippen LogP contribution in [0, 0.1) is 5.82 Å². The fraction of sp³-hybridized carbons (Fsp3) is 0.500. The van der Waals surface area contributed by atoms with Crippen molar-refractivity contribution in [1.29, 1.82) is 0 Å². The third kappa shape index (κ3) is 3.22. The van der Waals surface area contributed by atoms with Gasteiger partial charge in [0.2, 0.25) is 0 Å². The molecule has 0 radical (unpaired) electrons. The monoisotopic (exact) mass is 293 g/mol. The van der Waals surface area contributed by atoms with Crippen molar-refractivity contribution in [3.05, 3.63) is 34.6 Å². The van der Waals surface area contributed by atoms with Crippen LogP contribution in [0.4, 0.5) is 4.39 Å². The van der Waals surface area contributed by atoms with Gasteiger partial charge in [-0.3, -0.25) is 0 Å². The molecule has 2 N–H and O–H groups in total. The lowest BCUT2D eigenvalue weighted by Crippen LogP contribution is -2.49. The molecule has 0 saturated heterocycles. The minimum absolute atomic E-state index is 0.0368. The maximum Gasteiger partial charge on any atom is 0.154 e. The van der Waals surface area contributed by atoms with Crippen LogP contribution in [0.15, 0.2) is 18.2 Å². The topological polar surface area (TPSA) is 60.2 Å². The first-order chi connectivity index (χ1) is 8.05. The minimum atomic E-state index is -3.28. The van der Waals surface area contributed by atoms with Crippen molar-refractivity contribution in [2.24, 2.45) is 5.73 Å². The van der Waals surface area contributed by atoms with Crippen molar-refractivity contribution in [1.82, 2.24) is 0 Å². The van der Waals surface area contributed by atoms with Gasteiger partial charge in [-0.1, -0.05) is 17.7 Å². The summed E-state index contributed by atoms with van der Waals surface area (Å²) in [5.41, 5.74) is 6.55. The van der Waals surface area contributed by atoms with Crippen molar-refractivity contribution < 1.29 is 12.8 Å². The van der Waals surface area contributed by atoms with E-state index in [4.69, 9.17) is 17.3 Å². The zero-order chi connectivity index (χ0) is 14.1. The summed E-state index contributed by atoms with van der Waals surface area (Å²) in [4.78, 5) is 0. The number of hydrogen-bond acceptors (Lipinski definition) is 3. The van der Waals surface area contributed by atoms with E-state index >= 15 is 0 Å². The standard InChI is InChI=1S/C12H17ClFNO2S/c1-12(2,18(3,16)17)11(15)7-8-4-5-9(13)10(14)6-8/h4-6,11H,7,15H2,1-3H3. The molecule has 0 fully saturated rings. The van der Waals surface area contributed by atoms with Gasteiger partial charge in [-0.15, -0.1) is 0 Å². The Hall–Kier alpha value is -0.650. The van der Waals surface area contributed by atoms with Crippen LogP contribution in [0.3, 0.4) is 0 Å². The number of rotatable bonds is 4. The summed E-state index contributed by atoms with van der Waals surface area (Å²) in [5.74, 6) is -0.529. The maximum absolute atomic E-state index is 13.3. The zero-order valence-electron chi connectivity index (χ0n) is 10.6. The summed E-state index contributed by atoms with van der Waals surface area (Å²) in [7, 11) is -3.28. The number of halogens is 2. The highest BCUT2D eigenvalue weighted by atomic mass is 35.5. The van der Waals surface area contributed by atoms with Gasteiger partial charge in [0.1, 0.15) is 5.82 Å². The third-order valence-corrected chi connectivity index (χ3v) is 5.81. The maximum atomic E-state index is 13.3. The first-order valence-electron chi connectivity index (χ1n) is 5.45. The van der Waals surface area contributed by atoms with E-state index in [1.165, 1.54) is 12.1 Å². The average Bonchev–Trinajstić information content (AvgIpc) is 2.21. The van der Waals surface area contributed by atoms with E-state index in [2.05, 4.69) is 0 Å². The molecule has 3 nitrogen and oxygen atoms in total. The van der Waals surface area contributed by atoms with Crippen LogP contribution in [0.2, 0.25) is 5.02 Å². The third-order valence-electron chi connectivity index (χ3n) is 3.29. The van der Waals surface area contributed by atoms with Crippen molar-refractivity contribution in [3.63, 3.8) is 0 Å². The van der Waals surface area contributed by atoms with Gasteiger partial charge >= 0.3 is 0 Å². The molecular formula is C12H17ClFNO2S.